The molecule has 120 valence electrons. The summed E-state index contributed by atoms with van der Waals surface area (Å²) >= 11 is 7.44. The van der Waals surface area contributed by atoms with Crippen molar-refractivity contribution in [2.24, 2.45) is 0 Å². The molecule has 0 bridgehead atoms. The first-order valence-electron chi connectivity index (χ1n) is 7.00. The Labute approximate surface area is 138 Å². The van der Waals surface area contributed by atoms with Gasteiger partial charge in [0, 0.05) is 26.2 Å². The molecule has 1 fully saturated rings. The second kappa shape index (κ2) is 7.33. The molecule has 0 radical (unpaired) electrons. The predicted molar refractivity (Wildman–Crippen MR) is 86.9 cm³/mol. The lowest BCUT2D eigenvalue weighted by atomic mass is 10.1. The number of hydrogen-bond donors (Lipinski definition) is 0. The SMILES string of the molecule is CS[C@@H](C)C(=O)N1CCN(C(=O)c2ccc(F)cc2Cl)CC1. The van der Waals surface area contributed by atoms with Crippen LogP contribution in [0.3, 0.4) is 0 Å². The van der Waals surface area contributed by atoms with E-state index in [2.05, 4.69) is 0 Å². The Bertz CT molecular complexity index is 577. The molecule has 0 aromatic heterocycles. The van der Waals surface area contributed by atoms with E-state index in [1.807, 2.05) is 13.2 Å². The zero-order chi connectivity index (χ0) is 16.3. The van der Waals surface area contributed by atoms with Crippen molar-refractivity contribution in [1.29, 1.82) is 0 Å². The van der Waals surface area contributed by atoms with Crippen LogP contribution in [0.4, 0.5) is 4.39 Å². The van der Waals surface area contributed by atoms with Gasteiger partial charge in [-0.05, 0) is 31.4 Å². The molecular weight excluding hydrogens is 327 g/mol. The highest BCUT2D eigenvalue weighted by Gasteiger charge is 2.27. The third kappa shape index (κ3) is 3.73. The fraction of sp³-hybridized carbons (Fsp3) is 0.467. The van der Waals surface area contributed by atoms with Crippen LogP contribution < -0.4 is 0 Å². The maximum absolute atomic E-state index is 13.0. The van der Waals surface area contributed by atoms with Crippen LogP contribution in [0.15, 0.2) is 18.2 Å². The lowest BCUT2D eigenvalue weighted by molar-refractivity contribution is -0.131. The van der Waals surface area contributed by atoms with Gasteiger partial charge >= 0.3 is 0 Å². The first kappa shape index (κ1) is 17.1. The number of carbonyl (C=O) groups is 2. The van der Waals surface area contributed by atoms with Crippen LogP contribution in [0, 0.1) is 5.82 Å². The Hall–Kier alpha value is -1.27. The van der Waals surface area contributed by atoms with Gasteiger partial charge in [-0.25, -0.2) is 4.39 Å². The van der Waals surface area contributed by atoms with Gasteiger partial charge in [0.05, 0.1) is 15.8 Å². The van der Waals surface area contributed by atoms with Crippen LogP contribution in [0.25, 0.3) is 0 Å². The number of rotatable bonds is 3. The minimum atomic E-state index is -0.469. The Morgan fingerprint density at radius 2 is 1.82 bits per heavy atom. The molecule has 7 heteroatoms. The van der Waals surface area contributed by atoms with Crippen molar-refractivity contribution in [3.8, 4) is 0 Å². The minimum absolute atomic E-state index is 0.0752. The Balaban J connectivity index is 1.99. The molecule has 1 heterocycles. The van der Waals surface area contributed by atoms with Gasteiger partial charge in [0.2, 0.25) is 5.91 Å². The van der Waals surface area contributed by atoms with E-state index < -0.39 is 5.82 Å². The smallest absolute Gasteiger partial charge is 0.255 e. The Morgan fingerprint density at radius 1 is 1.23 bits per heavy atom. The summed E-state index contributed by atoms with van der Waals surface area (Å²) in [5.74, 6) is -0.600. The monoisotopic (exact) mass is 344 g/mol. The summed E-state index contributed by atoms with van der Waals surface area (Å²) in [7, 11) is 0. The predicted octanol–water partition coefficient (Wildman–Crippen LogP) is 2.52. The first-order valence-corrected chi connectivity index (χ1v) is 8.66. The zero-order valence-electron chi connectivity index (χ0n) is 12.5. The van der Waals surface area contributed by atoms with Crippen molar-refractivity contribution >= 4 is 35.2 Å². The number of halogens is 2. The summed E-state index contributed by atoms with van der Waals surface area (Å²) in [4.78, 5) is 27.9. The normalized spacial score (nSPS) is 16.5. The second-order valence-electron chi connectivity index (χ2n) is 5.12. The third-order valence-corrected chi connectivity index (χ3v) is 4.96. The molecule has 0 unspecified atom stereocenters. The Morgan fingerprint density at radius 3 is 2.36 bits per heavy atom. The maximum Gasteiger partial charge on any atom is 0.255 e. The van der Waals surface area contributed by atoms with Crippen molar-refractivity contribution in [2.75, 3.05) is 32.4 Å². The summed E-state index contributed by atoms with van der Waals surface area (Å²) in [6.45, 7) is 3.81. The van der Waals surface area contributed by atoms with Gasteiger partial charge in [-0.15, -0.1) is 0 Å². The zero-order valence-corrected chi connectivity index (χ0v) is 14.1. The number of amides is 2. The molecule has 1 saturated heterocycles. The minimum Gasteiger partial charge on any atom is -0.338 e. The topological polar surface area (TPSA) is 40.6 Å². The first-order chi connectivity index (χ1) is 10.4. The lowest BCUT2D eigenvalue weighted by Gasteiger charge is -2.35. The highest BCUT2D eigenvalue weighted by Crippen LogP contribution is 2.20. The van der Waals surface area contributed by atoms with E-state index in [0.29, 0.717) is 31.7 Å². The molecule has 4 nitrogen and oxygen atoms in total. The van der Waals surface area contributed by atoms with E-state index in [1.165, 1.54) is 23.9 Å². The van der Waals surface area contributed by atoms with E-state index in [1.54, 1.807) is 9.80 Å². The van der Waals surface area contributed by atoms with E-state index in [-0.39, 0.29) is 22.1 Å². The molecular formula is C15H18ClFN2O2S. The largest absolute Gasteiger partial charge is 0.338 e. The van der Waals surface area contributed by atoms with E-state index >= 15 is 0 Å². The number of nitrogens with zero attached hydrogens (tertiary/aromatic N) is 2. The van der Waals surface area contributed by atoms with Crippen LogP contribution in [-0.4, -0.2) is 59.3 Å². The summed E-state index contributed by atoms with van der Waals surface area (Å²) in [6.07, 6.45) is 1.90. The molecule has 1 aliphatic heterocycles. The number of hydrogen-bond acceptors (Lipinski definition) is 3. The molecule has 0 N–H and O–H groups in total. The van der Waals surface area contributed by atoms with Gasteiger partial charge in [0.25, 0.3) is 5.91 Å². The van der Waals surface area contributed by atoms with Crippen molar-refractivity contribution in [2.45, 2.75) is 12.2 Å². The van der Waals surface area contributed by atoms with Gasteiger partial charge < -0.3 is 9.80 Å². The molecule has 1 aliphatic rings. The van der Waals surface area contributed by atoms with Gasteiger partial charge in [-0.3, -0.25) is 9.59 Å². The van der Waals surface area contributed by atoms with Crippen LogP contribution in [0.1, 0.15) is 17.3 Å². The fourth-order valence-electron chi connectivity index (χ4n) is 2.32. The van der Waals surface area contributed by atoms with Gasteiger partial charge in [0.15, 0.2) is 0 Å². The highest BCUT2D eigenvalue weighted by atomic mass is 35.5. The van der Waals surface area contributed by atoms with Crippen molar-refractivity contribution in [3.05, 3.63) is 34.6 Å². The molecule has 2 amide bonds. The van der Waals surface area contributed by atoms with Crippen molar-refractivity contribution in [1.82, 2.24) is 9.80 Å². The molecule has 0 spiro atoms. The average molecular weight is 345 g/mol. The van der Waals surface area contributed by atoms with Crippen LogP contribution in [0.2, 0.25) is 5.02 Å². The Kier molecular flexibility index (Phi) is 5.69. The van der Waals surface area contributed by atoms with Crippen molar-refractivity contribution < 1.29 is 14.0 Å². The molecule has 22 heavy (non-hydrogen) atoms. The quantitative estimate of drug-likeness (QED) is 0.846. The second-order valence-corrected chi connectivity index (χ2v) is 6.71. The number of piperazine rings is 1. The van der Waals surface area contributed by atoms with Gasteiger partial charge in [-0.1, -0.05) is 11.6 Å². The lowest BCUT2D eigenvalue weighted by Crippen LogP contribution is -2.52. The molecule has 0 aliphatic carbocycles. The van der Waals surface area contributed by atoms with Gasteiger partial charge in [-0.2, -0.15) is 11.8 Å². The number of carbonyl (C=O) groups excluding carboxylic acids is 2. The summed E-state index contributed by atoms with van der Waals surface area (Å²) in [5.41, 5.74) is 0.292. The molecule has 1 atom stereocenters. The highest BCUT2D eigenvalue weighted by molar-refractivity contribution is 7.99. The molecule has 0 saturated carbocycles. The average Bonchev–Trinajstić information content (AvgIpc) is 2.53. The van der Waals surface area contributed by atoms with Crippen LogP contribution in [-0.2, 0) is 4.79 Å². The standard InChI is InChI=1S/C15H18ClFN2O2S/c1-10(22-2)14(20)18-5-7-19(8-6-18)15(21)12-4-3-11(17)9-13(12)16/h3-4,9-10H,5-8H2,1-2H3/t10-/m0/s1. The number of thioether (sulfide) groups is 1. The van der Waals surface area contributed by atoms with E-state index in [0.717, 1.165) is 6.07 Å². The molecule has 1 aromatic rings. The van der Waals surface area contributed by atoms with E-state index in [4.69, 9.17) is 11.6 Å². The summed E-state index contributed by atoms with van der Waals surface area (Å²) < 4.78 is 13.0. The summed E-state index contributed by atoms with van der Waals surface area (Å²) in [6, 6.07) is 3.75. The third-order valence-electron chi connectivity index (χ3n) is 3.74. The molecule has 2 rings (SSSR count). The summed E-state index contributed by atoms with van der Waals surface area (Å²) in [5, 5.41) is 0.0355. The van der Waals surface area contributed by atoms with Crippen LogP contribution in [0.5, 0.6) is 0 Å². The number of benzene rings is 1. The molecule has 1 aromatic carbocycles. The van der Waals surface area contributed by atoms with E-state index in [9.17, 15) is 14.0 Å². The van der Waals surface area contributed by atoms with Crippen LogP contribution >= 0.6 is 23.4 Å². The fourth-order valence-corrected chi connectivity index (χ4v) is 2.92. The van der Waals surface area contributed by atoms with Crippen molar-refractivity contribution in [3.63, 3.8) is 0 Å². The maximum atomic E-state index is 13.0. The van der Waals surface area contributed by atoms with Gasteiger partial charge in [0.1, 0.15) is 5.82 Å².